The summed E-state index contributed by atoms with van der Waals surface area (Å²) in [6.07, 6.45) is -1.52. The molecule has 0 aliphatic heterocycles. The Hall–Kier alpha value is -0.380. The second-order valence-electron chi connectivity index (χ2n) is 2.74. The van der Waals surface area contributed by atoms with Gasteiger partial charge >= 0.3 is 0 Å². The summed E-state index contributed by atoms with van der Waals surface area (Å²) in [5, 5.41) is 18.5. The molecule has 12 heavy (non-hydrogen) atoms. The molecule has 2 nitrogen and oxygen atoms in total. The third kappa shape index (κ3) is 2.30. The van der Waals surface area contributed by atoms with E-state index in [9.17, 15) is 5.11 Å². The van der Waals surface area contributed by atoms with Crippen molar-refractivity contribution in [1.82, 2.24) is 0 Å². The van der Waals surface area contributed by atoms with E-state index in [1.807, 2.05) is 12.1 Å². The lowest BCUT2D eigenvalue weighted by atomic mass is 10.1. The quantitative estimate of drug-likeness (QED) is 0.815. The van der Waals surface area contributed by atoms with E-state index in [4.69, 9.17) is 5.11 Å². The summed E-state index contributed by atoms with van der Waals surface area (Å²) in [6, 6.07) is 7.23. The van der Waals surface area contributed by atoms with Crippen LogP contribution in [0.3, 0.4) is 0 Å². The van der Waals surface area contributed by atoms with Crippen LogP contribution in [0.1, 0.15) is 18.6 Å². The maximum absolute atomic E-state index is 9.42. The van der Waals surface area contributed by atoms with Crippen LogP contribution in [-0.4, -0.2) is 16.3 Å². The van der Waals surface area contributed by atoms with E-state index in [0.29, 0.717) is 0 Å². The minimum Gasteiger partial charge on any atom is -0.390 e. The van der Waals surface area contributed by atoms with Crippen molar-refractivity contribution in [1.29, 1.82) is 0 Å². The van der Waals surface area contributed by atoms with Gasteiger partial charge in [0.1, 0.15) is 6.10 Å². The molecule has 3 heteroatoms. The molecule has 0 radical (unpaired) electrons. The maximum atomic E-state index is 9.42. The van der Waals surface area contributed by atoms with Gasteiger partial charge in [0.15, 0.2) is 0 Å². The highest BCUT2D eigenvalue weighted by molar-refractivity contribution is 9.10. The molecule has 1 aromatic carbocycles. The van der Waals surface area contributed by atoms with Crippen LogP contribution in [-0.2, 0) is 0 Å². The zero-order valence-electron chi connectivity index (χ0n) is 6.74. The smallest absolute Gasteiger partial charge is 0.105 e. The van der Waals surface area contributed by atoms with Crippen molar-refractivity contribution in [2.24, 2.45) is 0 Å². The summed E-state index contributed by atoms with van der Waals surface area (Å²) in [7, 11) is 0. The fourth-order valence-corrected chi connectivity index (χ4v) is 1.20. The van der Waals surface area contributed by atoms with Crippen LogP contribution in [0.4, 0.5) is 0 Å². The lowest BCUT2D eigenvalue weighted by Gasteiger charge is -2.13. The summed E-state index contributed by atoms with van der Waals surface area (Å²) < 4.78 is 0.962. The van der Waals surface area contributed by atoms with Crippen LogP contribution in [0.5, 0.6) is 0 Å². The van der Waals surface area contributed by atoms with Gasteiger partial charge in [-0.25, -0.2) is 0 Å². The second kappa shape index (κ2) is 4.03. The highest BCUT2D eigenvalue weighted by Crippen LogP contribution is 2.18. The average Bonchev–Trinajstić information content (AvgIpc) is 2.04. The molecule has 0 saturated heterocycles. The van der Waals surface area contributed by atoms with E-state index in [-0.39, 0.29) is 0 Å². The molecule has 1 aromatic rings. The van der Waals surface area contributed by atoms with Crippen molar-refractivity contribution in [3.63, 3.8) is 0 Å². The minimum atomic E-state index is -0.793. The van der Waals surface area contributed by atoms with Gasteiger partial charge in [0.05, 0.1) is 6.10 Å². The highest BCUT2D eigenvalue weighted by Gasteiger charge is 2.12. The van der Waals surface area contributed by atoms with Crippen molar-refractivity contribution in [3.8, 4) is 0 Å². The van der Waals surface area contributed by atoms with Crippen LogP contribution in [0.15, 0.2) is 28.7 Å². The zero-order valence-corrected chi connectivity index (χ0v) is 8.32. The first-order chi connectivity index (χ1) is 5.61. The first kappa shape index (κ1) is 9.71. The molecule has 2 N–H and O–H groups in total. The number of rotatable bonds is 2. The predicted octanol–water partition coefficient (Wildman–Crippen LogP) is 1.86. The normalized spacial score (nSPS) is 15.7. The Balaban J connectivity index is 2.82. The van der Waals surface area contributed by atoms with Crippen LogP contribution < -0.4 is 0 Å². The summed E-state index contributed by atoms with van der Waals surface area (Å²) in [6.45, 7) is 1.56. The van der Waals surface area contributed by atoms with Gasteiger partial charge in [0, 0.05) is 4.47 Å². The summed E-state index contributed by atoms with van der Waals surface area (Å²) in [4.78, 5) is 0. The molecule has 1 rings (SSSR count). The number of hydrogen-bond acceptors (Lipinski definition) is 2. The molecule has 0 saturated carbocycles. The fourth-order valence-electron chi connectivity index (χ4n) is 0.938. The van der Waals surface area contributed by atoms with Gasteiger partial charge < -0.3 is 10.2 Å². The van der Waals surface area contributed by atoms with E-state index in [1.54, 1.807) is 19.1 Å². The molecule has 66 valence electrons. The molecule has 0 bridgehead atoms. The molecule has 0 heterocycles. The monoisotopic (exact) mass is 230 g/mol. The van der Waals surface area contributed by atoms with Gasteiger partial charge in [0.25, 0.3) is 0 Å². The average molecular weight is 231 g/mol. The number of aliphatic hydroxyl groups is 2. The Morgan fingerprint density at radius 3 is 2.08 bits per heavy atom. The summed E-state index contributed by atoms with van der Waals surface area (Å²) in [5.74, 6) is 0. The van der Waals surface area contributed by atoms with Crippen LogP contribution in [0.25, 0.3) is 0 Å². The lowest BCUT2D eigenvalue weighted by Crippen LogP contribution is -2.13. The van der Waals surface area contributed by atoms with Gasteiger partial charge in [-0.3, -0.25) is 0 Å². The Morgan fingerprint density at radius 2 is 1.67 bits per heavy atom. The Labute approximate surface area is 80.0 Å². The van der Waals surface area contributed by atoms with Gasteiger partial charge in [-0.15, -0.1) is 0 Å². The molecule has 0 fully saturated rings. The van der Waals surface area contributed by atoms with Gasteiger partial charge in [0.2, 0.25) is 0 Å². The van der Waals surface area contributed by atoms with Gasteiger partial charge in [-0.2, -0.15) is 0 Å². The van der Waals surface area contributed by atoms with Crippen molar-refractivity contribution in [3.05, 3.63) is 34.3 Å². The van der Waals surface area contributed by atoms with Gasteiger partial charge in [-0.05, 0) is 24.6 Å². The van der Waals surface area contributed by atoms with Crippen LogP contribution in [0, 0.1) is 0 Å². The number of benzene rings is 1. The van der Waals surface area contributed by atoms with E-state index in [1.165, 1.54) is 0 Å². The van der Waals surface area contributed by atoms with Crippen molar-refractivity contribution < 1.29 is 10.2 Å². The van der Waals surface area contributed by atoms with E-state index >= 15 is 0 Å². The molecule has 0 aliphatic rings. The summed E-state index contributed by atoms with van der Waals surface area (Å²) >= 11 is 3.29. The van der Waals surface area contributed by atoms with E-state index in [0.717, 1.165) is 10.0 Å². The standard InChI is InChI=1S/C9H11BrO2/c1-6(11)9(12)7-2-4-8(10)5-3-7/h2-6,9,11-12H,1H3/t6-,9-/m0/s1. The molecule has 2 atom stereocenters. The molecular formula is C9H11BrO2. The van der Waals surface area contributed by atoms with Crippen molar-refractivity contribution in [2.75, 3.05) is 0 Å². The summed E-state index contributed by atoms with van der Waals surface area (Å²) in [5.41, 5.74) is 0.730. The number of halogens is 1. The fraction of sp³-hybridized carbons (Fsp3) is 0.333. The molecule has 0 aromatic heterocycles. The minimum absolute atomic E-state index is 0.730. The van der Waals surface area contributed by atoms with E-state index < -0.39 is 12.2 Å². The molecule has 0 unspecified atom stereocenters. The first-order valence-electron chi connectivity index (χ1n) is 3.73. The third-order valence-electron chi connectivity index (χ3n) is 1.67. The predicted molar refractivity (Wildman–Crippen MR) is 50.8 cm³/mol. The Morgan fingerprint density at radius 1 is 1.17 bits per heavy atom. The van der Waals surface area contributed by atoms with E-state index in [2.05, 4.69) is 15.9 Å². The van der Waals surface area contributed by atoms with Crippen LogP contribution in [0.2, 0.25) is 0 Å². The van der Waals surface area contributed by atoms with Gasteiger partial charge in [-0.1, -0.05) is 28.1 Å². The Bertz CT molecular complexity index is 243. The topological polar surface area (TPSA) is 40.5 Å². The molecule has 0 spiro atoms. The number of aliphatic hydroxyl groups excluding tert-OH is 2. The first-order valence-corrected chi connectivity index (χ1v) is 4.52. The van der Waals surface area contributed by atoms with Crippen LogP contribution >= 0.6 is 15.9 Å². The van der Waals surface area contributed by atoms with Crippen molar-refractivity contribution in [2.45, 2.75) is 19.1 Å². The molecular weight excluding hydrogens is 220 g/mol. The van der Waals surface area contributed by atoms with Crippen molar-refractivity contribution >= 4 is 15.9 Å². The lowest BCUT2D eigenvalue weighted by molar-refractivity contribution is 0.0305. The third-order valence-corrected chi connectivity index (χ3v) is 2.20. The largest absolute Gasteiger partial charge is 0.390 e. The Kier molecular flexibility index (Phi) is 3.26. The maximum Gasteiger partial charge on any atom is 0.105 e. The second-order valence-corrected chi connectivity index (χ2v) is 3.65. The molecule has 0 amide bonds. The number of hydrogen-bond donors (Lipinski definition) is 2. The zero-order chi connectivity index (χ0) is 9.14. The molecule has 0 aliphatic carbocycles. The highest BCUT2D eigenvalue weighted by atomic mass is 79.9. The SMILES string of the molecule is C[C@H](O)[C@H](O)c1ccc(Br)cc1.